The van der Waals surface area contributed by atoms with Crippen LogP contribution in [-0.4, -0.2) is 22.8 Å². The number of carbonyl (C=O) groups excluding carboxylic acids is 3. The van der Waals surface area contributed by atoms with Crippen molar-refractivity contribution in [3.8, 4) is 23.0 Å². The minimum atomic E-state index is -0.636. The van der Waals surface area contributed by atoms with Crippen molar-refractivity contribution in [1.82, 2.24) is 0 Å². The van der Waals surface area contributed by atoms with Crippen LogP contribution in [0.15, 0.2) is 97.1 Å². The van der Waals surface area contributed by atoms with Gasteiger partial charge in [0.2, 0.25) is 0 Å². The molecule has 0 saturated heterocycles. The summed E-state index contributed by atoms with van der Waals surface area (Å²) in [6, 6.07) is 26.3. The lowest BCUT2D eigenvalue weighted by Crippen LogP contribution is -2.21. The van der Waals surface area contributed by atoms with Crippen LogP contribution in [0.5, 0.6) is 23.0 Å². The predicted molar refractivity (Wildman–Crippen MR) is 130 cm³/mol. The summed E-state index contributed by atoms with van der Waals surface area (Å²) in [5.74, 6) is -1.19. The molecule has 1 heterocycles. The number of phenolic OH excluding ortho intramolecular Hbond substituents is 1. The van der Waals surface area contributed by atoms with Crippen LogP contribution in [0.3, 0.4) is 0 Å². The van der Waals surface area contributed by atoms with Crippen molar-refractivity contribution in [3.05, 3.63) is 119 Å². The number of esters is 2. The van der Waals surface area contributed by atoms with E-state index in [1.54, 1.807) is 78.9 Å². The maximum absolute atomic E-state index is 12.8. The van der Waals surface area contributed by atoms with Gasteiger partial charge in [-0.1, -0.05) is 48.5 Å². The van der Waals surface area contributed by atoms with Gasteiger partial charge >= 0.3 is 11.9 Å². The quantitative estimate of drug-likeness (QED) is 0.296. The highest BCUT2D eigenvalue weighted by atomic mass is 16.5. The highest BCUT2D eigenvalue weighted by Gasteiger charge is 2.31. The molecule has 0 fully saturated rings. The van der Waals surface area contributed by atoms with E-state index in [-0.39, 0.29) is 35.0 Å². The van der Waals surface area contributed by atoms with Crippen LogP contribution in [-0.2, 0) is 0 Å². The lowest BCUT2D eigenvalue weighted by molar-refractivity contribution is 0.0724. The van der Waals surface area contributed by atoms with Gasteiger partial charge in [-0.2, -0.15) is 0 Å². The van der Waals surface area contributed by atoms with E-state index in [9.17, 15) is 19.5 Å². The molecule has 0 aromatic heterocycles. The number of carbonyl (C=O) groups is 3. The van der Waals surface area contributed by atoms with E-state index in [2.05, 4.69) is 0 Å². The van der Waals surface area contributed by atoms with Gasteiger partial charge in [0, 0.05) is 12.1 Å². The molecule has 178 valence electrons. The Morgan fingerprint density at radius 1 is 0.750 bits per heavy atom. The average molecular weight is 480 g/mol. The Bertz CT molecular complexity index is 1430. The second kappa shape index (κ2) is 9.76. The van der Waals surface area contributed by atoms with E-state index in [0.29, 0.717) is 22.4 Å². The van der Waals surface area contributed by atoms with Crippen LogP contribution in [0.1, 0.15) is 49.2 Å². The highest BCUT2D eigenvalue weighted by molar-refractivity contribution is 6.03. The molecule has 0 saturated carbocycles. The maximum Gasteiger partial charge on any atom is 0.343 e. The van der Waals surface area contributed by atoms with E-state index in [1.807, 2.05) is 6.07 Å². The fraction of sp³-hybridized carbons (Fsp3) is 0.0690. The van der Waals surface area contributed by atoms with Crippen LogP contribution in [0.2, 0.25) is 0 Å². The number of hydrogen-bond acceptors (Lipinski definition) is 7. The number of ketones is 1. The maximum atomic E-state index is 12.8. The molecule has 4 aromatic carbocycles. The lowest BCUT2D eigenvalue weighted by atomic mass is 9.95. The number of Topliss-reactive ketones (excluding diaryl/α,β-unsaturated/α-hetero) is 1. The standard InChI is InChI=1S/C29H20O7/c30-23-15-22(35-29(33)20-9-5-2-6-10-20)16-26-27(23)24(31)17-25(36-26)18-11-13-21(14-12-18)34-28(32)19-7-3-1-4-8-19/h1-16,25,30H,17H2. The molecule has 0 spiro atoms. The Morgan fingerprint density at radius 2 is 1.31 bits per heavy atom. The van der Waals surface area contributed by atoms with E-state index >= 15 is 0 Å². The van der Waals surface area contributed by atoms with E-state index in [1.165, 1.54) is 12.1 Å². The van der Waals surface area contributed by atoms with Gasteiger partial charge in [-0.25, -0.2) is 9.59 Å². The topological polar surface area (TPSA) is 99.1 Å². The molecule has 1 N–H and O–H groups in total. The van der Waals surface area contributed by atoms with E-state index in [4.69, 9.17) is 14.2 Å². The zero-order chi connectivity index (χ0) is 25.1. The Kier molecular flexibility index (Phi) is 6.19. The van der Waals surface area contributed by atoms with Gasteiger partial charge in [0.1, 0.15) is 34.7 Å². The molecule has 7 nitrogen and oxygen atoms in total. The Morgan fingerprint density at radius 3 is 1.89 bits per heavy atom. The predicted octanol–water partition coefficient (Wildman–Crippen LogP) is 5.54. The number of fused-ring (bicyclic) bond motifs is 1. The molecule has 1 atom stereocenters. The summed E-state index contributed by atoms with van der Waals surface area (Å²) in [6.07, 6.45) is -0.629. The molecule has 0 aliphatic carbocycles. The smallest absolute Gasteiger partial charge is 0.343 e. The Hall–Kier alpha value is -4.91. The second-order valence-electron chi connectivity index (χ2n) is 8.13. The largest absolute Gasteiger partial charge is 0.507 e. The summed E-state index contributed by atoms with van der Waals surface area (Å²) in [4.78, 5) is 37.5. The molecular weight excluding hydrogens is 460 g/mol. The minimum Gasteiger partial charge on any atom is -0.507 e. The normalized spacial score (nSPS) is 14.3. The molecule has 1 unspecified atom stereocenters. The first-order valence-corrected chi connectivity index (χ1v) is 11.2. The minimum absolute atomic E-state index is 0.00680. The van der Waals surface area contributed by atoms with E-state index in [0.717, 1.165) is 0 Å². The van der Waals surface area contributed by atoms with Crippen molar-refractivity contribution in [2.24, 2.45) is 0 Å². The molecule has 5 rings (SSSR count). The molecule has 4 aromatic rings. The molecule has 36 heavy (non-hydrogen) atoms. The van der Waals surface area contributed by atoms with Gasteiger partial charge in [-0.3, -0.25) is 4.79 Å². The van der Waals surface area contributed by atoms with Crippen molar-refractivity contribution in [2.75, 3.05) is 0 Å². The third-order valence-corrected chi connectivity index (χ3v) is 5.67. The number of aromatic hydroxyl groups is 1. The summed E-state index contributed by atoms with van der Waals surface area (Å²) in [5.41, 5.74) is 1.50. The summed E-state index contributed by atoms with van der Waals surface area (Å²) in [7, 11) is 0. The van der Waals surface area contributed by atoms with Gasteiger partial charge in [0.15, 0.2) is 5.78 Å². The molecule has 0 radical (unpaired) electrons. The van der Waals surface area contributed by atoms with Gasteiger partial charge in [0.25, 0.3) is 0 Å². The molecule has 7 heteroatoms. The third kappa shape index (κ3) is 4.81. The van der Waals surface area contributed by atoms with Gasteiger partial charge in [-0.05, 0) is 42.0 Å². The van der Waals surface area contributed by atoms with Crippen LogP contribution in [0.25, 0.3) is 0 Å². The number of rotatable bonds is 5. The summed E-state index contributed by atoms with van der Waals surface area (Å²) in [6.45, 7) is 0. The third-order valence-electron chi connectivity index (χ3n) is 5.67. The number of benzene rings is 4. The second-order valence-corrected chi connectivity index (χ2v) is 8.13. The fourth-order valence-corrected chi connectivity index (χ4v) is 3.89. The van der Waals surface area contributed by atoms with Gasteiger partial charge in [0.05, 0.1) is 17.5 Å². The first kappa shape index (κ1) is 22.9. The Balaban J connectivity index is 1.32. The SMILES string of the molecule is O=C(Oc1ccc(C2CC(=O)c3c(O)cc(OC(=O)c4ccccc4)cc3O2)cc1)c1ccccc1. The van der Waals surface area contributed by atoms with Gasteiger partial charge in [-0.15, -0.1) is 0 Å². The summed E-state index contributed by atoms with van der Waals surface area (Å²) in [5, 5.41) is 10.4. The van der Waals surface area contributed by atoms with Crippen molar-refractivity contribution in [2.45, 2.75) is 12.5 Å². The first-order valence-electron chi connectivity index (χ1n) is 11.2. The molecular formula is C29H20O7. The van der Waals surface area contributed by atoms with E-state index < -0.39 is 18.0 Å². The monoisotopic (exact) mass is 480 g/mol. The molecule has 1 aliphatic heterocycles. The zero-order valence-corrected chi connectivity index (χ0v) is 18.9. The number of hydrogen-bond donors (Lipinski definition) is 1. The number of phenols is 1. The highest BCUT2D eigenvalue weighted by Crippen LogP contribution is 2.42. The molecule has 0 bridgehead atoms. The number of ether oxygens (including phenoxy) is 3. The average Bonchev–Trinajstić information content (AvgIpc) is 2.89. The molecule has 1 aliphatic rings. The lowest BCUT2D eigenvalue weighted by Gasteiger charge is -2.26. The van der Waals surface area contributed by atoms with Crippen molar-refractivity contribution < 1.29 is 33.7 Å². The van der Waals surface area contributed by atoms with Crippen LogP contribution >= 0.6 is 0 Å². The van der Waals surface area contributed by atoms with Crippen molar-refractivity contribution in [1.29, 1.82) is 0 Å². The van der Waals surface area contributed by atoms with Crippen LogP contribution in [0.4, 0.5) is 0 Å². The summed E-state index contributed by atoms with van der Waals surface area (Å²) < 4.78 is 16.8. The first-order chi connectivity index (χ1) is 17.5. The summed E-state index contributed by atoms with van der Waals surface area (Å²) >= 11 is 0. The van der Waals surface area contributed by atoms with Crippen molar-refractivity contribution >= 4 is 17.7 Å². The van der Waals surface area contributed by atoms with Gasteiger partial charge < -0.3 is 19.3 Å². The Labute approximate surface area is 206 Å². The fourth-order valence-electron chi connectivity index (χ4n) is 3.89. The van der Waals surface area contributed by atoms with Crippen molar-refractivity contribution in [3.63, 3.8) is 0 Å². The molecule has 0 amide bonds. The zero-order valence-electron chi connectivity index (χ0n) is 18.9. The van der Waals surface area contributed by atoms with Crippen LogP contribution < -0.4 is 14.2 Å². The van der Waals surface area contributed by atoms with Crippen LogP contribution in [0, 0.1) is 0 Å².